The van der Waals surface area contributed by atoms with Crippen molar-refractivity contribution < 1.29 is 62.9 Å². The number of carbonyl (C=O) groups is 4. The van der Waals surface area contributed by atoms with Gasteiger partial charge >= 0.3 is 27.2 Å². The van der Waals surface area contributed by atoms with Crippen molar-refractivity contribution in [2.75, 3.05) is 70.4 Å². The number of fused-ring (bicyclic) bond motifs is 1. The maximum Gasteiger partial charge on any atom is 2.00 e. The summed E-state index contributed by atoms with van der Waals surface area (Å²) >= 11 is 0. The van der Waals surface area contributed by atoms with Crippen molar-refractivity contribution >= 4 is 40.3 Å². The maximum absolute atomic E-state index is 15.0. The van der Waals surface area contributed by atoms with Crippen LogP contribution in [0.4, 0.5) is 19.0 Å². The summed E-state index contributed by atoms with van der Waals surface area (Å²) in [6, 6.07) is 27.2. The van der Waals surface area contributed by atoms with Gasteiger partial charge in [0.15, 0.2) is 0 Å². The van der Waals surface area contributed by atoms with Crippen molar-refractivity contribution in [2.45, 2.75) is 75.0 Å². The monoisotopic (exact) mass is 1170 g/mol. The molecule has 4 aliphatic rings. The first-order valence-electron chi connectivity index (χ1n) is 24.8. The first kappa shape index (κ1) is 53.0. The molecular formula is C54H58F3N9O6W. The number of likely N-dealkylation sites (tertiary alicyclic amines) is 2. The first-order valence-corrected chi connectivity index (χ1v) is 24.8. The number of piperidine rings is 4. The number of rotatable bonds is 15. The van der Waals surface area contributed by atoms with E-state index in [1.54, 1.807) is 66.9 Å². The second kappa shape index (κ2) is 23.3. The van der Waals surface area contributed by atoms with E-state index < -0.39 is 36.4 Å². The molecule has 0 aliphatic carbocycles. The molecule has 3 aromatic carbocycles. The van der Waals surface area contributed by atoms with Gasteiger partial charge in [-0.05, 0) is 99.1 Å². The topological polar surface area (TPSA) is 197 Å². The number of nitrogens with one attached hydrogen (secondary N) is 4. The fourth-order valence-corrected chi connectivity index (χ4v) is 10.6. The van der Waals surface area contributed by atoms with Gasteiger partial charge in [0.1, 0.15) is 18.2 Å². The minimum atomic E-state index is -4.77. The summed E-state index contributed by atoms with van der Waals surface area (Å²) in [6.07, 6.45) is 0.334. The van der Waals surface area contributed by atoms with Crippen LogP contribution in [0.25, 0.3) is 27.9 Å². The average Bonchev–Trinajstić information content (AvgIpc) is 3.83. The molecule has 6 heterocycles. The van der Waals surface area contributed by atoms with E-state index in [2.05, 4.69) is 42.5 Å². The van der Waals surface area contributed by atoms with Crippen molar-refractivity contribution in [3.63, 3.8) is 0 Å². The Morgan fingerprint density at radius 2 is 1.73 bits per heavy atom. The number of ether oxygens (including phenoxy) is 2. The number of alkyl halides is 3. The predicted octanol–water partition coefficient (Wildman–Crippen LogP) is 7.68. The van der Waals surface area contributed by atoms with Crippen LogP contribution < -0.4 is 25.0 Å². The number of imide groups is 1. The average molecular weight is 1170 g/mol. The summed E-state index contributed by atoms with van der Waals surface area (Å²) < 4.78 is 57.0. The number of anilines is 1. The number of halogens is 3. The third kappa shape index (κ3) is 12.1. The maximum atomic E-state index is 15.0. The summed E-state index contributed by atoms with van der Waals surface area (Å²) in [4.78, 5) is 65.0. The van der Waals surface area contributed by atoms with Gasteiger partial charge in [0.25, 0.3) is 0 Å². The molecule has 0 spiro atoms. The minimum Gasteiger partial charge on any atom is -0.677 e. The molecule has 5 aromatic rings. The fourth-order valence-electron chi connectivity index (χ4n) is 10.6. The van der Waals surface area contributed by atoms with Crippen molar-refractivity contribution in [3.8, 4) is 28.8 Å². The van der Waals surface area contributed by atoms with Crippen LogP contribution in [0.5, 0.6) is 11.5 Å². The number of hydrogen-bond donors (Lipinski definition) is 3. The van der Waals surface area contributed by atoms with Crippen LogP contribution in [0, 0.1) is 29.2 Å². The number of benzene rings is 3. The van der Waals surface area contributed by atoms with E-state index >= 15 is 13.2 Å². The van der Waals surface area contributed by atoms with Crippen molar-refractivity contribution in [2.24, 2.45) is 11.8 Å². The van der Waals surface area contributed by atoms with Crippen LogP contribution in [0.2, 0.25) is 0 Å². The normalized spacial score (nSPS) is 19.4. The van der Waals surface area contributed by atoms with Crippen LogP contribution in [0.3, 0.4) is 0 Å². The number of amides is 4. The van der Waals surface area contributed by atoms with E-state index in [1.807, 2.05) is 12.1 Å². The fraction of sp³-hybridized carbons (Fsp3) is 0.444. The quantitative estimate of drug-likeness (QED) is 0.0531. The van der Waals surface area contributed by atoms with Crippen LogP contribution in [-0.4, -0.2) is 121 Å². The Labute approximate surface area is 436 Å². The third-order valence-electron chi connectivity index (χ3n) is 14.8. The second-order valence-electron chi connectivity index (χ2n) is 19.3. The van der Waals surface area contributed by atoms with Gasteiger partial charge in [-0.3, -0.25) is 24.5 Å². The molecule has 15 nitrogen and oxygen atoms in total. The summed E-state index contributed by atoms with van der Waals surface area (Å²) in [5.74, 6) is -0.575. The Bertz CT molecular complexity index is 2810. The van der Waals surface area contributed by atoms with Gasteiger partial charge in [0.05, 0.1) is 29.8 Å². The Hall–Kier alpha value is -6.28. The molecule has 73 heavy (non-hydrogen) atoms. The van der Waals surface area contributed by atoms with Crippen LogP contribution in [0.15, 0.2) is 85.1 Å². The van der Waals surface area contributed by atoms with Gasteiger partial charge in [0, 0.05) is 92.2 Å². The number of nitriles is 1. The number of nitrogens with zero attached hydrogens (tertiary/aromatic N) is 5. The van der Waals surface area contributed by atoms with Crippen LogP contribution in [0.1, 0.15) is 79.9 Å². The summed E-state index contributed by atoms with van der Waals surface area (Å²) in [6.45, 7) is 3.99. The van der Waals surface area contributed by atoms with Gasteiger partial charge < -0.3 is 40.2 Å². The van der Waals surface area contributed by atoms with Crippen LogP contribution >= 0.6 is 0 Å². The number of H-pyrrole nitrogens is 1. The summed E-state index contributed by atoms with van der Waals surface area (Å²) in [5, 5.41) is 15.7. The molecule has 2 atom stereocenters. The molecule has 4 aliphatic heterocycles. The molecular weight excluding hydrogens is 1110 g/mol. The number of pyridine rings is 1. The smallest absolute Gasteiger partial charge is 0.677 e. The number of carbonyl (C=O) groups excluding carboxylic acids is 4. The number of aromatic amines is 1. The van der Waals surface area contributed by atoms with E-state index in [0.717, 1.165) is 69.8 Å². The molecule has 2 aromatic heterocycles. The molecule has 4 fully saturated rings. The van der Waals surface area contributed by atoms with E-state index in [4.69, 9.17) is 15.2 Å². The minimum absolute atomic E-state index is 0. The van der Waals surface area contributed by atoms with E-state index in [0.29, 0.717) is 57.8 Å². The van der Waals surface area contributed by atoms with E-state index in [1.165, 1.54) is 11.0 Å². The molecule has 0 bridgehead atoms. The van der Waals surface area contributed by atoms with Gasteiger partial charge in [-0.1, -0.05) is 18.2 Å². The van der Waals surface area contributed by atoms with Gasteiger partial charge in [-0.15, -0.1) is 24.2 Å². The molecule has 0 radical (unpaired) electrons. The second-order valence-corrected chi connectivity index (χ2v) is 19.3. The Balaban J connectivity index is 0.00000711. The SMILES string of the molecule is N#Cc1cccc2[nH]c(-c3ccccc3OC3(C(F)(F)F)CCN(C(=O)C(C[NH-])c4[c-]ccc(OCCNC(=O)C5CCN(CC6CCN(c7cc(C8CCC(=O)NC8=O)ccn7)CC6)CC5)c4)CC3)cc12.[W+2]. The molecule has 382 valence electrons. The molecule has 4 saturated heterocycles. The molecule has 19 heteroatoms. The van der Waals surface area contributed by atoms with Gasteiger partial charge in [-0.25, -0.2) is 4.98 Å². The number of para-hydroxylation sites is 1. The largest absolute Gasteiger partial charge is 2.00 e. The van der Waals surface area contributed by atoms with Crippen molar-refractivity contribution in [3.05, 3.63) is 114 Å². The molecule has 2 unspecified atom stereocenters. The van der Waals surface area contributed by atoms with Crippen molar-refractivity contribution in [1.29, 1.82) is 5.26 Å². The first-order chi connectivity index (χ1) is 34.8. The Kier molecular flexibility index (Phi) is 16.9. The van der Waals surface area contributed by atoms with E-state index in [-0.39, 0.29) is 89.2 Å². The zero-order valence-corrected chi connectivity index (χ0v) is 43.3. The van der Waals surface area contributed by atoms with Gasteiger partial charge in [0.2, 0.25) is 29.2 Å². The predicted molar refractivity (Wildman–Crippen MR) is 263 cm³/mol. The van der Waals surface area contributed by atoms with Crippen molar-refractivity contribution in [1.82, 2.24) is 30.4 Å². The molecule has 4 N–H and O–H groups in total. The zero-order valence-electron chi connectivity index (χ0n) is 40.3. The Morgan fingerprint density at radius 1 is 0.959 bits per heavy atom. The molecule has 9 rings (SSSR count). The molecule has 0 saturated carbocycles. The van der Waals surface area contributed by atoms with E-state index in [9.17, 15) is 24.4 Å². The zero-order chi connectivity index (χ0) is 50.4. The molecule has 4 amide bonds. The number of hydrogen-bond acceptors (Lipinski definition) is 10. The third-order valence-corrected chi connectivity index (χ3v) is 14.8. The summed E-state index contributed by atoms with van der Waals surface area (Å²) in [5.41, 5.74) is 8.97. The van der Waals surface area contributed by atoms with Crippen LogP contribution in [-0.2, 0) is 40.2 Å². The standard InChI is InChI=1S/C54H58F3N9O6.W/c55-54(56,57)53(72-47-10-2-1-8-42(47)46-31-43-39(32-58)6-4-9-45(43)62-46)18-26-66(27-19-53)52(70)44(33-59)37-5-3-7-40(29-37)71-28-21-61-50(68)36-16-22-64(23-17-36)34-35-14-24-65(25-15-35)48-30-38(13-20-60-48)41-11-12-49(67)63-51(41)69;/h1-4,6-10,13,20,29-31,35-36,41,44,59,62H,11-12,14-19,21-28,33-34H2,(H,61,68)(H,63,67,69);/q-2;+2. The Morgan fingerprint density at radius 3 is 2.45 bits per heavy atom. The van der Waals surface area contributed by atoms with Gasteiger partial charge in [-0.2, -0.15) is 30.6 Å². The summed E-state index contributed by atoms with van der Waals surface area (Å²) in [7, 11) is 0. The number of aromatic nitrogens is 2.